The van der Waals surface area contributed by atoms with Gasteiger partial charge in [-0.3, -0.25) is 4.57 Å². The van der Waals surface area contributed by atoms with E-state index in [1.165, 1.54) is 32.4 Å². The minimum absolute atomic E-state index is 0.718. The number of hydrogen-bond acceptors (Lipinski definition) is 2. The zero-order valence-electron chi connectivity index (χ0n) is 22.6. The van der Waals surface area contributed by atoms with E-state index in [1.54, 1.807) is 0 Å². The summed E-state index contributed by atoms with van der Waals surface area (Å²) in [6.07, 6.45) is 2.16. The van der Waals surface area contributed by atoms with Crippen molar-refractivity contribution in [3.8, 4) is 22.9 Å². The van der Waals surface area contributed by atoms with Gasteiger partial charge in [0.15, 0.2) is 5.82 Å². The molecule has 0 N–H and O–H groups in total. The summed E-state index contributed by atoms with van der Waals surface area (Å²) in [5, 5.41) is 7.06. The van der Waals surface area contributed by atoms with Crippen molar-refractivity contribution in [1.82, 2.24) is 19.1 Å². The molecular formula is C38H24N4. The van der Waals surface area contributed by atoms with Gasteiger partial charge in [-0.15, -0.1) is 0 Å². The monoisotopic (exact) mass is 536 g/mol. The lowest BCUT2D eigenvalue weighted by Gasteiger charge is -2.13. The Kier molecular flexibility index (Phi) is 4.87. The van der Waals surface area contributed by atoms with Crippen molar-refractivity contribution < 1.29 is 0 Å². The van der Waals surface area contributed by atoms with Gasteiger partial charge in [0.25, 0.3) is 0 Å². The minimum atomic E-state index is 0.718. The molecule has 3 heterocycles. The van der Waals surface area contributed by atoms with Gasteiger partial charge in [0.1, 0.15) is 5.82 Å². The first-order valence-corrected chi connectivity index (χ1v) is 14.2. The normalized spacial score (nSPS) is 11.8. The Hall–Kier alpha value is -5.74. The van der Waals surface area contributed by atoms with Gasteiger partial charge < -0.3 is 4.57 Å². The van der Waals surface area contributed by atoms with Gasteiger partial charge in [-0.05, 0) is 70.8 Å². The Morgan fingerprint density at radius 3 is 2.05 bits per heavy atom. The summed E-state index contributed by atoms with van der Waals surface area (Å²) in [5.41, 5.74) is 6.49. The predicted octanol–water partition coefficient (Wildman–Crippen LogP) is 9.49. The molecule has 0 aliphatic carbocycles. The molecule has 0 spiro atoms. The van der Waals surface area contributed by atoms with Crippen LogP contribution >= 0.6 is 0 Å². The van der Waals surface area contributed by atoms with E-state index >= 15 is 0 Å². The van der Waals surface area contributed by atoms with Crippen LogP contribution in [0.25, 0.3) is 77.3 Å². The van der Waals surface area contributed by atoms with E-state index in [0.717, 1.165) is 44.8 Å². The summed E-state index contributed by atoms with van der Waals surface area (Å²) in [4.78, 5) is 10.2. The molecule has 0 aliphatic heterocycles. The number of fused-ring (bicyclic) bond motifs is 6. The molecule has 0 fully saturated rings. The summed E-state index contributed by atoms with van der Waals surface area (Å²) in [6.45, 7) is 0. The highest BCUT2D eigenvalue weighted by molar-refractivity contribution is 6.14. The first kappa shape index (κ1) is 23.0. The second kappa shape index (κ2) is 8.88. The van der Waals surface area contributed by atoms with E-state index < -0.39 is 0 Å². The molecule has 0 atom stereocenters. The first-order valence-electron chi connectivity index (χ1n) is 14.2. The third-order valence-electron chi connectivity index (χ3n) is 8.32. The molecule has 0 bridgehead atoms. The van der Waals surface area contributed by atoms with Gasteiger partial charge in [0, 0.05) is 33.6 Å². The highest BCUT2D eigenvalue weighted by atomic mass is 15.1. The lowest BCUT2D eigenvalue weighted by atomic mass is 10.1. The van der Waals surface area contributed by atoms with Crippen molar-refractivity contribution in [3.63, 3.8) is 0 Å². The molecule has 42 heavy (non-hydrogen) atoms. The second-order valence-electron chi connectivity index (χ2n) is 10.8. The van der Waals surface area contributed by atoms with E-state index in [2.05, 4.69) is 131 Å². The van der Waals surface area contributed by atoms with E-state index in [-0.39, 0.29) is 0 Å². The quantitative estimate of drug-likeness (QED) is 0.225. The number of aromatic nitrogens is 4. The fourth-order valence-electron chi connectivity index (χ4n) is 6.33. The molecule has 0 unspecified atom stereocenters. The van der Waals surface area contributed by atoms with E-state index in [0.29, 0.717) is 0 Å². The predicted molar refractivity (Wildman–Crippen MR) is 174 cm³/mol. The van der Waals surface area contributed by atoms with Crippen LogP contribution in [0.4, 0.5) is 0 Å². The lowest BCUT2D eigenvalue weighted by molar-refractivity contribution is 1.07. The maximum Gasteiger partial charge on any atom is 0.162 e. The Bertz CT molecular complexity index is 2470. The molecule has 0 radical (unpaired) electrons. The van der Waals surface area contributed by atoms with Crippen LogP contribution in [0, 0.1) is 0 Å². The van der Waals surface area contributed by atoms with Crippen molar-refractivity contribution >= 4 is 54.4 Å². The Morgan fingerprint density at radius 2 is 1.17 bits per heavy atom. The Balaban J connectivity index is 1.40. The maximum atomic E-state index is 5.25. The summed E-state index contributed by atoms with van der Waals surface area (Å²) >= 11 is 0. The van der Waals surface area contributed by atoms with Crippen LogP contribution in [-0.4, -0.2) is 19.1 Å². The number of hydrogen-bond donors (Lipinski definition) is 0. The van der Waals surface area contributed by atoms with Crippen molar-refractivity contribution in [3.05, 3.63) is 146 Å². The fraction of sp³-hybridized carbons (Fsp3) is 0. The van der Waals surface area contributed by atoms with Crippen LogP contribution in [0.2, 0.25) is 0 Å². The van der Waals surface area contributed by atoms with Crippen molar-refractivity contribution in [2.75, 3.05) is 0 Å². The summed E-state index contributed by atoms with van der Waals surface area (Å²) in [7, 11) is 0. The molecule has 0 saturated heterocycles. The van der Waals surface area contributed by atoms with Crippen LogP contribution in [0.1, 0.15) is 0 Å². The largest absolute Gasteiger partial charge is 0.317 e. The first-order chi connectivity index (χ1) is 20.8. The molecule has 196 valence electrons. The standard InChI is InChI=1S/C38H24N4/c1-2-11-26(12-3-1)37-39-33-16-8-7-15-30(33)38(40-37)42-35-19-18-29(41-21-20-25-10-6-9-17-34(25)41)24-32(35)31-22-27-13-4-5-14-28(27)23-36(31)42/h1-24H. The van der Waals surface area contributed by atoms with Crippen LogP contribution in [0.3, 0.4) is 0 Å². The number of benzene rings is 6. The molecule has 9 aromatic rings. The summed E-state index contributed by atoms with van der Waals surface area (Å²) < 4.78 is 4.59. The van der Waals surface area contributed by atoms with Crippen molar-refractivity contribution in [2.24, 2.45) is 0 Å². The van der Waals surface area contributed by atoms with Gasteiger partial charge >= 0.3 is 0 Å². The highest BCUT2D eigenvalue weighted by Crippen LogP contribution is 2.38. The average molecular weight is 537 g/mol. The Morgan fingerprint density at radius 1 is 0.452 bits per heavy atom. The minimum Gasteiger partial charge on any atom is -0.317 e. The topological polar surface area (TPSA) is 35.6 Å². The van der Waals surface area contributed by atoms with Crippen LogP contribution < -0.4 is 0 Å². The number of rotatable bonds is 3. The third-order valence-corrected chi connectivity index (χ3v) is 8.32. The SMILES string of the molecule is c1ccc(-c2nc(-n3c4ccc(-n5ccc6ccccc65)cc4c4cc5ccccc5cc43)c3ccccc3n2)cc1. The molecule has 3 aromatic heterocycles. The molecule has 0 aliphatic rings. The highest BCUT2D eigenvalue weighted by Gasteiger charge is 2.19. The maximum absolute atomic E-state index is 5.25. The van der Waals surface area contributed by atoms with Crippen molar-refractivity contribution in [1.29, 1.82) is 0 Å². The number of nitrogens with zero attached hydrogens (tertiary/aromatic N) is 4. The zero-order chi connectivity index (χ0) is 27.6. The molecule has 0 saturated carbocycles. The average Bonchev–Trinajstić information content (AvgIpc) is 3.62. The van der Waals surface area contributed by atoms with E-state index in [4.69, 9.17) is 9.97 Å². The van der Waals surface area contributed by atoms with Gasteiger partial charge in [-0.25, -0.2) is 9.97 Å². The lowest BCUT2D eigenvalue weighted by Crippen LogP contribution is -2.02. The zero-order valence-corrected chi connectivity index (χ0v) is 22.6. The molecule has 4 nitrogen and oxygen atoms in total. The summed E-state index contributed by atoms with van der Waals surface area (Å²) in [6, 6.07) is 49.2. The molecule has 9 rings (SSSR count). The molecule has 4 heteroatoms. The molecule has 0 amide bonds. The van der Waals surface area contributed by atoms with Gasteiger partial charge in [-0.2, -0.15) is 0 Å². The third kappa shape index (κ3) is 3.42. The second-order valence-corrected chi connectivity index (χ2v) is 10.8. The van der Waals surface area contributed by atoms with E-state index in [9.17, 15) is 0 Å². The number of para-hydroxylation sites is 2. The Labute approximate surface area is 241 Å². The van der Waals surface area contributed by atoms with E-state index in [1.807, 2.05) is 24.3 Å². The molecule has 6 aromatic carbocycles. The molecular weight excluding hydrogens is 512 g/mol. The van der Waals surface area contributed by atoms with Gasteiger partial charge in [0.2, 0.25) is 0 Å². The van der Waals surface area contributed by atoms with Gasteiger partial charge in [-0.1, -0.05) is 84.9 Å². The fourth-order valence-corrected chi connectivity index (χ4v) is 6.33. The summed E-state index contributed by atoms with van der Waals surface area (Å²) in [5.74, 6) is 1.60. The van der Waals surface area contributed by atoms with Crippen molar-refractivity contribution in [2.45, 2.75) is 0 Å². The smallest absolute Gasteiger partial charge is 0.162 e. The van der Waals surface area contributed by atoms with Crippen LogP contribution in [0.5, 0.6) is 0 Å². The van der Waals surface area contributed by atoms with Crippen LogP contribution in [-0.2, 0) is 0 Å². The van der Waals surface area contributed by atoms with Crippen LogP contribution in [0.15, 0.2) is 146 Å². The van der Waals surface area contributed by atoms with Gasteiger partial charge in [0.05, 0.1) is 22.1 Å².